The van der Waals surface area contributed by atoms with Crippen molar-refractivity contribution in [2.75, 3.05) is 11.6 Å². The molecule has 1 heterocycles. The van der Waals surface area contributed by atoms with E-state index in [0.29, 0.717) is 11.8 Å². The molecule has 3 nitrogen and oxygen atoms in total. The number of hydrogen-bond acceptors (Lipinski definition) is 3. The second-order valence-electron chi connectivity index (χ2n) is 2.33. The zero-order chi connectivity index (χ0) is 8.97. The third kappa shape index (κ3) is 2.20. The molecule has 12 heavy (non-hydrogen) atoms. The van der Waals surface area contributed by atoms with Gasteiger partial charge in [0.2, 0.25) is 5.95 Å². The summed E-state index contributed by atoms with van der Waals surface area (Å²) in [7, 11) is 0. The van der Waals surface area contributed by atoms with Gasteiger partial charge in [-0.25, -0.2) is 9.97 Å². The Labute approximate surface area is 76.3 Å². The van der Waals surface area contributed by atoms with E-state index in [1.165, 1.54) is 0 Å². The van der Waals surface area contributed by atoms with Crippen LogP contribution in [0, 0.1) is 6.92 Å². The van der Waals surface area contributed by atoms with Crippen molar-refractivity contribution in [3.63, 3.8) is 0 Å². The van der Waals surface area contributed by atoms with E-state index in [0.717, 1.165) is 11.3 Å². The van der Waals surface area contributed by atoms with Crippen LogP contribution in [0.2, 0.25) is 0 Å². The topological polar surface area (TPSA) is 51.8 Å². The average molecular weight is 184 g/mol. The van der Waals surface area contributed by atoms with Gasteiger partial charge in [-0.05, 0) is 6.92 Å². The summed E-state index contributed by atoms with van der Waals surface area (Å²) in [5.74, 6) is 0.791. The van der Waals surface area contributed by atoms with Gasteiger partial charge >= 0.3 is 0 Å². The summed E-state index contributed by atoms with van der Waals surface area (Å²) in [5.41, 5.74) is 7.20. The molecule has 0 aromatic carbocycles. The van der Waals surface area contributed by atoms with Crippen molar-refractivity contribution in [2.24, 2.45) is 0 Å². The highest BCUT2D eigenvalue weighted by Gasteiger charge is 1.95. The number of rotatable bonds is 2. The summed E-state index contributed by atoms with van der Waals surface area (Å²) < 4.78 is 0. The van der Waals surface area contributed by atoms with E-state index < -0.39 is 0 Å². The number of halogens is 1. The molecule has 64 valence electrons. The van der Waals surface area contributed by atoms with Crippen LogP contribution in [0.3, 0.4) is 0 Å². The van der Waals surface area contributed by atoms with Crippen LogP contribution in [0.15, 0.2) is 12.3 Å². The zero-order valence-electron chi connectivity index (χ0n) is 6.79. The number of aryl methyl sites for hydroxylation is 1. The molecule has 4 heteroatoms. The average Bonchev–Trinajstić information content (AvgIpc) is 2.03. The summed E-state index contributed by atoms with van der Waals surface area (Å²) in [6.07, 6.45) is 5.39. The van der Waals surface area contributed by atoms with Crippen molar-refractivity contribution >= 4 is 23.6 Å². The van der Waals surface area contributed by atoms with Gasteiger partial charge in [-0.3, -0.25) is 0 Å². The fourth-order valence-corrected chi connectivity index (χ4v) is 0.919. The lowest BCUT2D eigenvalue weighted by molar-refractivity contribution is 1.11. The van der Waals surface area contributed by atoms with Crippen LogP contribution in [-0.4, -0.2) is 15.8 Å². The fraction of sp³-hybridized carbons (Fsp3) is 0.250. The maximum absolute atomic E-state index is 5.48. The molecule has 0 aliphatic carbocycles. The molecule has 1 rings (SSSR count). The molecule has 0 fully saturated rings. The molecule has 0 atom stereocenters. The normalized spacial score (nSPS) is 10.8. The van der Waals surface area contributed by atoms with E-state index >= 15 is 0 Å². The first kappa shape index (κ1) is 9.00. The van der Waals surface area contributed by atoms with Crippen molar-refractivity contribution in [1.29, 1.82) is 0 Å². The minimum Gasteiger partial charge on any atom is -0.368 e. The molecule has 0 aliphatic heterocycles. The van der Waals surface area contributed by atoms with E-state index in [-0.39, 0.29) is 0 Å². The highest BCUT2D eigenvalue weighted by molar-refractivity contribution is 6.19. The fourth-order valence-electron chi connectivity index (χ4n) is 0.829. The number of nitrogen functional groups attached to an aromatic ring is 1. The van der Waals surface area contributed by atoms with Crippen molar-refractivity contribution in [3.05, 3.63) is 23.5 Å². The maximum Gasteiger partial charge on any atom is 0.220 e. The van der Waals surface area contributed by atoms with Gasteiger partial charge in [-0.2, -0.15) is 0 Å². The van der Waals surface area contributed by atoms with E-state index in [9.17, 15) is 0 Å². The molecular weight excluding hydrogens is 174 g/mol. The van der Waals surface area contributed by atoms with Gasteiger partial charge in [0.1, 0.15) is 0 Å². The van der Waals surface area contributed by atoms with Gasteiger partial charge in [0.05, 0.1) is 5.69 Å². The number of alkyl halides is 1. The van der Waals surface area contributed by atoms with Crippen LogP contribution < -0.4 is 5.73 Å². The van der Waals surface area contributed by atoms with Crippen LogP contribution in [-0.2, 0) is 0 Å². The van der Waals surface area contributed by atoms with Crippen molar-refractivity contribution in [2.45, 2.75) is 6.92 Å². The summed E-state index contributed by atoms with van der Waals surface area (Å²) >= 11 is 5.48. The Bertz CT molecular complexity index is 296. The number of nitrogens with zero attached hydrogens (tertiary/aromatic N) is 2. The predicted octanol–water partition coefficient (Wildman–Crippen LogP) is 1.62. The second-order valence-corrected chi connectivity index (χ2v) is 2.63. The van der Waals surface area contributed by atoms with Gasteiger partial charge in [0, 0.05) is 17.6 Å². The van der Waals surface area contributed by atoms with Gasteiger partial charge in [0.25, 0.3) is 0 Å². The number of aromatic nitrogens is 2. The quantitative estimate of drug-likeness (QED) is 0.709. The molecule has 0 unspecified atom stereocenters. The molecule has 1 aromatic heterocycles. The molecule has 0 aliphatic rings. The van der Waals surface area contributed by atoms with E-state index in [4.69, 9.17) is 17.3 Å². The minimum absolute atomic E-state index is 0.301. The smallest absolute Gasteiger partial charge is 0.220 e. The number of anilines is 1. The van der Waals surface area contributed by atoms with E-state index in [1.54, 1.807) is 6.20 Å². The molecule has 0 saturated heterocycles. The second kappa shape index (κ2) is 4.07. The lowest BCUT2D eigenvalue weighted by Gasteiger charge is -1.98. The molecule has 0 amide bonds. The first-order valence-corrected chi connectivity index (χ1v) is 4.09. The van der Waals surface area contributed by atoms with Crippen molar-refractivity contribution in [3.8, 4) is 0 Å². The van der Waals surface area contributed by atoms with E-state index in [2.05, 4.69) is 9.97 Å². The molecule has 2 N–H and O–H groups in total. The van der Waals surface area contributed by atoms with E-state index in [1.807, 2.05) is 19.1 Å². The zero-order valence-corrected chi connectivity index (χ0v) is 7.54. The SMILES string of the molecule is Cc1nc(N)ncc1C=CCCl. The number of nitrogens with two attached hydrogens (primary N) is 1. The summed E-state index contributed by atoms with van der Waals surface area (Å²) in [6.45, 7) is 1.88. The molecule has 0 spiro atoms. The predicted molar refractivity (Wildman–Crippen MR) is 50.9 cm³/mol. The van der Waals surface area contributed by atoms with Gasteiger partial charge in [0.15, 0.2) is 0 Å². The lowest BCUT2D eigenvalue weighted by Crippen LogP contribution is -1.97. The Balaban J connectivity index is 2.94. The van der Waals surface area contributed by atoms with Gasteiger partial charge in [-0.1, -0.05) is 12.2 Å². The van der Waals surface area contributed by atoms with Gasteiger partial charge < -0.3 is 5.73 Å². The Morgan fingerprint density at radius 2 is 2.42 bits per heavy atom. The van der Waals surface area contributed by atoms with Crippen LogP contribution in [0.25, 0.3) is 6.08 Å². The molecule has 1 aromatic rings. The highest BCUT2D eigenvalue weighted by atomic mass is 35.5. The number of allylic oxidation sites excluding steroid dienone is 1. The van der Waals surface area contributed by atoms with Gasteiger partial charge in [-0.15, -0.1) is 11.6 Å². The molecule has 0 saturated carbocycles. The molecular formula is C8H10ClN3. The Hall–Kier alpha value is -1.09. The molecule has 0 radical (unpaired) electrons. The monoisotopic (exact) mass is 183 g/mol. The first-order valence-electron chi connectivity index (χ1n) is 3.55. The first-order chi connectivity index (χ1) is 5.74. The van der Waals surface area contributed by atoms with Crippen LogP contribution in [0.5, 0.6) is 0 Å². The minimum atomic E-state index is 0.301. The summed E-state index contributed by atoms with van der Waals surface area (Å²) in [4.78, 5) is 7.86. The van der Waals surface area contributed by atoms with Crippen molar-refractivity contribution < 1.29 is 0 Å². The number of hydrogen-bond donors (Lipinski definition) is 1. The lowest BCUT2D eigenvalue weighted by atomic mass is 10.2. The summed E-state index contributed by atoms with van der Waals surface area (Å²) in [6, 6.07) is 0. The Kier molecular flexibility index (Phi) is 3.05. The molecule has 0 bridgehead atoms. The Morgan fingerprint density at radius 3 is 3.00 bits per heavy atom. The highest BCUT2D eigenvalue weighted by Crippen LogP contribution is 2.06. The standard InChI is InChI=1S/C8H10ClN3/c1-6-7(3-2-4-9)5-11-8(10)12-6/h2-3,5H,4H2,1H3,(H2,10,11,12). The third-order valence-corrected chi connectivity index (χ3v) is 1.60. The summed E-state index contributed by atoms with van der Waals surface area (Å²) in [5, 5.41) is 0. The largest absolute Gasteiger partial charge is 0.368 e. The van der Waals surface area contributed by atoms with Crippen LogP contribution >= 0.6 is 11.6 Å². The van der Waals surface area contributed by atoms with Crippen molar-refractivity contribution in [1.82, 2.24) is 9.97 Å². The third-order valence-electron chi connectivity index (χ3n) is 1.42. The Morgan fingerprint density at radius 1 is 1.67 bits per heavy atom. The maximum atomic E-state index is 5.48. The van der Waals surface area contributed by atoms with Crippen LogP contribution in [0.1, 0.15) is 11.3 Å². The van der Waals surface area contributed by atoms with Crippen LogP contribution in [0.4, 0.5) is 5.95 Å².